The van der Waals surface area contributed by atoms with Crippen molar-refractivity contribution < 1.29 is 19.1 Å². The van der Waals surface area contributed by atoms with Gasteiger partial charge in [-0.2, -0.15) is 0 Å². The highest BCUT2D eigenvalue weighted by Gasteiger charge is 2.36. The van der Waals surface area contributed by atoms with E-state index < -0.39 is 6.04 Å². The van der Waals surface area contributed by atoms with Crippen molar-refractivity contribution in [1.82, 2.24) is 10.3 Å². The van der Waals surface area contributed by atoms with E-state index in [1.807, 2.05) is 11.0 Å². The molecule has 1 aromatic heterocycles. The van der Waals surface area contributed by atoms with Gasteiger partial charge < -0.3 is 9.64 Å². The molecule has 1 aliphatic carbocycles. The molecule has 1 unspecified atom stereocenters. The highest BCUT2D eigenvalue weighted by molar-refractivity contribution is 6.01. The molecule has 0 spiro atoms. The number of anilines is 1. The summed E-state index contributed by atoms with van der Waals surface area (Å²) in [6, 6.07) is 1.57. The van der Waals surface area contributed by atoms with Gasteiger partial charge in [-0.05, 0) is 31.2 Å². The number of pyridine rings is 1. The Kier molecular flexibility index (Phi) is 4.15. The van der Waals surface area contributed by atoms with Gasteiger partial charge in [0.1, 0.15) is 18.4 Å². The van der Waals surface area contributed by atoms with Gasteiger partial charge in [0.25, 0.3) is 0 Å². The number of nitrogens with one attached hydrogen (secondary N) is 1. The molecule has 1 N–H and O–H groups in total. The molecule has 2 amide bonds. The molecule has 1 aromatic rings. The maximum Gasteiger partial charge on any atom is 0.249 e. The lowest BCUT2D eigenvalue weighted by Gasteiger charge is -2.38. The summed E-state index contributed by atoms with van der Waals surface area (Å²) in [5, 5.41) is 2.41. The van der Waals surface area contributed by atoms with Gasteiger partial charge in [0.2, 0.25) is 11.8 Å². The number of rotatable bonds is 2. The Morgan fingerprint density at radius 2 is 1.92 bits per heavy atom. The monoisotopic (exact) mass is 343 g/mol. The predicted molar refractivity (Wildman–Crippen MR) is 89.5 cm³/mol. The number of aromatic nitrogens is 1. The number of imide groups is 1. The van der Waals surface area contributed by atoms with Gasteiger partial charge in [-0.25, -0.2) is 4.98 Å². The number of carbonyl (C=O) groups excluding carboxylic acids is 3. The van der Waals surface area contributed by atoms with Crippen LogP contribution in [0.4, 0.5) is 5.82 Å². The fraction of sp³-hybridized carbons (Fsp3) is 0.556. The predicted octanol–water partition coefficient (Wildman–Crippen LogP) is 1.31. The van der Waals surface area contributed by atoms with Crippen molar-refractivity contribution in [3.63, 3.8) is 0 Å². The number of ether oxygens (including phenoxy) is 1. The summed E-state index contributed by atoms with van der Waals surface area (Å²) < 4.78 is 5.92. The summed E-state index contributed by atoms with van der Waals surface area (Å²) >= 11 is 0. The molecule has 0 radical (unpaired) electrons. The number of ketones is 1. The Balaban J connectivity index is 1.64. The minimum atomic E-state index is -0.393. The topological polar surface area (TPSA) is 88.6 Å². The van der Waals surface area contributed by atoms with E-state index in [4.69, 9.17) is 4.74 Å². The maximum atomic E-state index is 12.3. The first kappa shape index (κ1) is 16.1. The number of carbonyl (C=O) groups is 3. The van der Waals surface area contributed by atoms with Crippen molar-refractivity contribution in [1.29, 1.82) is 0 Å². The van der Waals surface area contributed by atoms with Crippen molar-refractivity contribution in [2.45, 2.75) is 50.5 Å². The average molecular weight is 343 g/mol. The van der Waals surface area contributed by atoms with Crippen LogP contribution in [0.5, 0.6) is 5.75 Å². The molecule has 25 heavy (non-hydrogen) atoms. The normalized spacial score (nSPS) is 24.6. The Bertz CT molecular complexity index is 723. The fourth-order valence-corrected chi connectivity index (χ4v) is 4.01. The third-order valence-electron chi connectivity index (χ3n) is 5.34. The Hall–Kier alpha value is -2.44. The van der Waals surface area contributed by atoms with Crippen molar-refractivity contribution in [2.24, 2.45) is 0 Å². The molecule has 4 rings (SSSR count). The number of fused-ring (bicyclic) bond motifs is 1. The molecule has 3 aliphatic rings. The highest BCUT2D eigenvalue weighted by Crippen LogP contribution is 2.42. The summed E-state index contributed by atoms with van der Waals surface area (Å²) in [7, 11) is 0. The lowest BCUT2D eigenvalue weighted by atomic mass is 9.83. The maximum absolute atomic E-state index is 12.3. The van der Waals surface area contributed by atoms with E-state index in [1.54, 1.807) is 6.20 Å². The molecule has 132 valence electrons. The third kappa shape index (κ3) is 2.99. The van der Waals surface area contributed by atoms with Gasteiger partial charge in [0, 0.05) is 31.0 Å². The molecule has 0 aromatic carbocycles. The van der Waals surface area contributed by atoms with Gasteiger partial charge in [-0.1, -0.05) is 0 Å². The molecule has 7 heteroatoms. The SMILES string of the molecule is O=C1CCC(c2ccnc3c2OCCN3C2CCC(=O)NC2=O)CC1. The third-order valence-corrected chi connectivity index (χ3v) is 5.34. The number of amides is 2. The van der Waals surface area contributed by atoms with Gasteiger partial charge in [-0.3, -0.25) is 19.7 Å². The molecule has 3 heterocycles. The van der Waals surface area contributed by atoms with Crippen LogP contribution in [0.2, 0.25) is 0 Å². The van der Waals surface area contributed by atoms with Crippen LogP contribution >= 0.6 is 0 Å². The van der Waals surface area contributed by atoms with Crippen LogP contribution in [0, 0.1) is 0 Å². The van der Waals surface area contributed by atoms with Crippen LogP contribution < -0.4 is 15.0 Å². The van der Waals surface area contributed by atoms with Crippen LogP contribution in [0.3, 0.4) is 0 Å². The van der Waals surface area contributed by atoms with E-state index in [-0.39, 0.29) is 17.7 Å². The van der Waals surface area contributed by atoms with Crippen molar-refractivity contribution in [3.05, 3.63) is 17.8 Å². The average Bonchev–Trinajstić information content (AvgIpc) is 2.62. The van der Waals surface area contributed by atoms with Crippen LogP contribution in [-0.4, -0.2) is 41.8 Å². The molecule has 0 bridgehead atoms. The summed E-state index contributed by atoms with van der Waals surface area (Å²) in [5.74, 6) is 1.54. The van der Waals surface area contributed by atoms with Crippen molar-refractivity contribution in [3.8, 4) is 5.75 Å². The Morgan fingerprint density at radius 1 is 1.12 bits per heavy atom. The molecule has 7 nitrogen and oxygen atoms in total. The van der Waals surface area contributed by atoms with E-state index >= 15 is 0 Å². The second-order valence-electron chi connectivity index (χ2n) is 6.87. The Morgan fingerprint density at radius 3 is 2.68 bits per heavy atom. The van der Waals surface area contributed by atoms with E-state index in [0.717, 1.165) is 24.2 Å². The molecule has 2 aliphatic heterocycles. The molecular weight excluding hydrogens is 322 g/mol. The Labute approximate surface area is 145 Å². The standard InChI is InChI=1S/C18H21N3O4/c22-12-3-1-11(2-4-12)13-7-8-19-17-16(13)25-10-9-21(17)14-5-6-15(23)20-18(14)24/h7-8,11,14H,1-6,9-10H2,(H,20,23,24). The van der Waals surface area contributed by atoms with Gasteiger partial charge in [0.15, 0.2) is 11.6 Å². The highest BCUT2D eigenvalue weighted by atomic mass is 16.5. The van der Waals surface area contributed by atoms with E-state index in [0.29, 0.717) is 50.4 Å². The quantitative estimate of drug-likeness (QED) is 0.815. The first-order valence-electron chi connectivity index (χ1n) is 8.87. The zero-order valence-corrected chi connectivity index (χ0v) is 14.0. The molecular formula is C18H21N3O4. The number of Topliss-reactive ketones (excluding diaryl/α,β-unsaturated/α-hetero) is 1. The minimum absolute atomic E-state index is 0.219. The molecule has 1 saturated carbocycles. The van der Waals surface area contributed by atoms with E-state index in [2.05, 4.69) is 10.3 Å². The van der Waals surface area contributed by atoms with Gasteiger partial charge in [-0.15, -0.1) is 0 Å². The fourth-order valence-electron chi connectivity index (χ4n) is 4.01. The zero-order chi connectivity index (χ0) is 17.4. The molecule has 2 fully saturated rings. The van der Waals surface area contributed by atoms with Crippen molar-refractivity contribution in [2.75, 3.05) is 18.1 Å². The summed E-state index contributed by atoms with van der Waals surface area (Å²) in [4.78, 5) is 41.6. The smallest absolute Gasteiger partial charge is 0.249 e. The minimum Gasteiger partial charge on any atom is -0.488 e. The lowest BCUT2D eigenvalue weighted by Crippen LogP contribution is -2.54. The van der Waals surface area contributed by atoms with Crippen LogP contribution in [-0.2, 0) is 14.4 Å². The van der Waals surface area contributed by atoms with Crippen molar-refractivity contribution >= 4 is 23.4 Å². The number of hydrogen-bond acceptors (Lipinski definition) is 6. The molecule has 1 saturated heterocycles. The second-order valence-corrected chi connectivity index (χ2v) is 6.87. The van der Waals surface area contributed by atoms with Gasteiger partial charge >= 0.3 is 0 Å². The van der Waals surface area contributed by atoms with E-state index in [1.165, 1.54) is 0 Å². The number of nitrogens with zero attached hydrogens (tertiary/aromatic N) is 2. The first-order valence-corrected chi connectivity index (χ1v) is 8.87. The summed E-state index contributed by atoms with van der Waals surface area (Å²) in [5.41, 5.74) is 1.08. The number of piperidine rings is 1. The lowest BCUT2D eigenvalue weighted by molar-refractivity contribution is -0.134. The van der Waals surface area contributed by atoms with Crippen LogP contribution in [0.15, 0.2) is 12.3 Å². The number of hydrogen-bond donors (Lipinski definition) is 1. The largest absolute Gasteiger partial charge is 0.488 e. The first-order chi connectivity index (χ1) is 12.1. The van der Waals surface area contributed by atoms with Gasteiger partial charge in [0.05, 0.1) is 6.54 Å². The molecule has 1 atom stereocenters. The van der Waals surface area contributed by atoms with E-state index in [9.17, 15) is 14.4 Å². The van der Waals surface area contributed by atoms with Crippen LogP contribution in [0.25, 0.3) is 0 Å². The summed E-state index contributed by atoms with van der Waals surface area (Å²) in [6.07, 6.45) is 5.46. The summed E-state index contributed by atoms with van der Waals surface area (Å²) in [6.45, 7) is 1.05. The van der Waals surface area contributed by atoms with Crippen LogP contribution in [0.1, 0.15) is 50.0 Å². The zero-order valence-electron chi connectivity index (χ0n) is 14.0. The second kappa shape index (κ2) is 6.46.